The maximum absolute atomic E-state index is 12.7. The number of amides is 1. The van der Waals surface area contributed by atoms with E-state index in [4.69, 9.17) is 0 Å². The van der Waals surface area contributed by atoms with Crippen molar-refractivity contribution in [2.24, 2.45) is 5.92 Å². The topological polar surface area (TPSA) is 70.7 Å². The summed E-state index contributed by atoms with van der Waals surface area (Å²) in [5, 5.41) is 3.15. The molecule has 3 aromatic rings. The molecular formula is C20H24N4O. The Morgan fingerprint density at radius 2 is 1.88 bits per heavy atom. The first-order chi connectivity index (χ1) is 12.0. The second-order valence-electron chi connectivity index (χ2n) is 6.81. The van der Waals surface area contributed by atoms with Crippen LogP contribution >= 0.6 is 0 Å². The third kappa shape index (κ3) is 4.05. The number of nitrogens with one attached hydrogen (secondary N) is 2. The normalized spacial score (nSPS) is 13.8. The average Bonchev–Trinajstić information content (AvgIpc) is 3.05. The number of hydrogen-bond acceptors (Lipinski definition) is 3. The van der Waals surface area contributed by atoms with Gasteiger partial charge in [0.15, 0.2) is 0 Å². The van der Waals surface area contributed by atoms with Gasteiger partial charge in [-0.2, -0.15) is 0 Å². The summed E-state index contributed by atoms with van der Waals surface area (Å²) in [5.41, 5.74) is 2.67. The minimum atomic E-state index is -0.305. The van der Waals surface area contributed by atoms with Gasteiger partial charge in [-0.1, -0.05) is 32.0 Å². The van der Waals surface area contributed by atoms with Gasteiger partial charge in [-0.25, -0.2) is 4.98 Å². The van der Waals surface area contributed by atoms with Crippen molar-refractivity contribution >= 4 is 16.9 Å². The van der Waals surface area contributed by atoms with E-state index in [9.17, 15) is 4.79 Å². The molecule has 0 bridgehead atoms. The van der Waals surface area contributed by atoms with E-state index < -0.39 is 0 Å². The van der Waals surface area contributed by atoms with Gasteiger partial charge >= 0.3 is 0 Å². The molecular weight excluding hydrogens is 312 g/mol. The molecule has 2 aromatic heterocycles. The first-order valence-corrected chi connectivity index (χ1v) is 8.70. The van der Waals surface area contributed by atoms with Gasteiger partial charge in [0.2, 0.25) is 5.91 Å². The maximum Gasteiger partial charge on any atom is 0.229 e. The molecule has 0 fully saturated rings. The lowest BCUT2D eigenvalue weighted by atomic mass is 10.0. The molecule has 2 heterocycles. The summed E-state index contributed by atoms with van der Waals surface area (Å²) in [6.07, 6.45) is 2.53. The Morgan fingerprint density at radius 1 is 1.12 bits per heavy atom. The minimum Gasteiger partial charge on any atom is -0.346 e. The number of carbonyl (C=O) groups is 1. The SMILES string of the molecule is CC(C)CC(NC(=O)C(C)c1ccccn1)c1nc2ccccc2[nH]1. The molecule has 25 heavy (non-hydrogen) atoms. The van der Waals surface area contributed by atoms with Gasteiger partial charge < -0.3 is 10.3 Å². The molecule has 0 aliphatic heterocycles. The fraction of sp³-hybridized carbons (Fsp3) is 0.350. The molecule has 5 heteroatoms. The third-order valence-corrected chi connectivity index (χ3v) is 4.29. The smallest absolute Gasteiger partial charge is 0.229 e. The van der Waals surface area contributed by atoms with E-state index in [0.717, 1.165) is 29.0 Å². The highest BCUT2D eigenvalue weighted by Gasteiger charge is 2.23. The number of pyridine rings is 1. The molecule has 0 saturated heterocycles. The predicted octanol–water partition coefficient (Wildman–Crippen LogP) is 3.97. The van der Waals surface area contributed by atoms with Gasteiger partial charge in [0, 0.05) is 6.20 Å². The van der Waals surface area contributed by atoms with Crippen molar-refractivity contribution in [3.8, 4) is 0 Å². The van der Waals surface area contributed by atoms with Gasteiger partial charge in [0.25, 0.3) is 0 Å². The summed E-state index contributed by atoms with van der Waals surface area (Å²) in [4.78, 5) is 25.0. The number of aromatic nitrogens is 3. The predicted molar refractivity (Wildman–Crippen MR) is 99.1 cm³/mol. The zero-order valence-electron chi connectivity index (χ0n) is 14.9. The molecule has 2 unspecified atom stereocenters. The Balaban J connectivity index is 1.82. The van der Waals surface area contributed by atoms with Gasteiger partial charge in [-0.3, -0.25) is 9.78 Å². The highest BCUT2D eigenvalue weighted by Crippen LogP contribution is 2.23. The summed E-state index contributed by atoms with van der Waals surface area (Å²) in [7, 11) is 0. The van der Waals surface area contributed by atoms with E-state index in [2.05, 4.69) is 34.1 Å². The van der Waals surface area contributed by atoms with E-state index in [1.165, 1.54) is 0 Å². The number of nitrogens with zero attached hydrogens (tertiary/aromatic N) is 2. The fourth-order valence-corrected chi connectivity index (χ4v) is 2.91. The lowest BCUT2D eigenvalue weighted by Gasteiger charge is -2.21. The standard InChI is InChI=1S/C20H24N4O/c1-13(2)12-18(19-22-16-9-4-5-10-17(16)23-19)24-20(25)14(3)15-8-6-7-11-21-15/h4-11,13-14,18H,12H2,1-3H3,(H,22,23)(H,24,25). The van der Waals surface area contributed by atoms with Gasteiger partial charge in [-0.05, 0) is 43.5 Å². The van der Waals surface area contributed by atoms with Crippen LogP contribution < -0.4 is 5.32 Å². The summed E-state index contributed by atoms with van der Waals surface area (Å²) < 4.78 is 0. The molecule has 0 radical (unpaired) electrons. The van der Waals surface area contributed by atoms with Crippen molar-refractivity contribution < 1.29 is 4.79 Å². The van der Waals surface area contributed by atoms with Crippen molar-refractivity contribution in [2.45, 2.75) is 39.2 Å². The van der Waals surface area contributed by atoms with Gasteiger partial charge in [0.05, 0.1) is 28.7 Å². The van der Waals surface area contributed by atoms with E-state index in [1.54, 1.807) is 6.20 Å². The summed E-state index contributed by atoms with van der Waals surface area (Å²) in [5.74, 6) is 0.894. The number of rotatable bonds is 6. The van der Waals surface area contributed by atoms with E-state index >= 15 is 0 Å². The van der Waals surface area contributed by atoms with E-state index in [-0.39, 0.29) is 17.9 Å². The number of H-pyrrole nitrogens is 1. The Morgan fingerprint density at radius 3 is 2.56 bits per heavy atom. The lowest BCUT2D eigenvalue weighted by Crippen LogP contribution is -2.33. The first-order valence-electron chi connectivity index (χ1n) is 8.70. The van der Waals surface area contributed by atoms with Gasteiger partial charge in [-0.15, -0.1) is 0 Å². The minimum absolute atomic E-state index is 0.0372. The number of imidazole rings is 1. The van der Waals surface area contributed by atoms with Crippen LogP contribution in [0, 0.1) is 5.92 Å². The molecule has 2 N–H and O–H groups in total. The average molecular weight is 336 g/mol. The summed E-state index contributed by atoms with van der Waals surface area (Å²) in [6.45, 7) is 6.16. The van der Waals surface area contributed by atoms with Crippen LogP contribution in [0.4, 0.5) is 0 Å². The monoisotopic (exact) mass is 336 g/mol. The van der Waals surface area contributed by atoms with Crippen LogP contribution in [0.15, 0.2) is 48.7 Å². The summed E-state index contributed by atoms with van der Waals surface area (Å²) in [6, 6.07) is 13.4. The second kappa shape index (κ2) is 7.47. The third-order valence-electron chi connectivity index (χ3n) is 4.29. The van der Waals surface area contributed by atoms with E-state index in [0.29, 0.717) is 5.92 Å². The Hall–Kier alpha value is -2.69. The molecule has 0 spiro atoms. The van der Waals surface area contributed by atoms with Crippen LogP contribution in [-0.4, -0.2) is 20.9 Å². The zero-order chi connectivity index (χ0) is 17.8. The molecule has 5 nitrogen and oxygen atoms in total. The maximum atomic E-state index is 12.7. The van der Waals surface area contributed by atoms with Crippen LogP contribution in [-0.2, 0) is 4.79 Å². The quantitative estimate of drug-likeness (QED) is 0.715. The molecule has 1 aromatic carbocycles. The molecule has 0 saturated carbocycles. The molecule has 2 atom stereocenters. The Kier molecular flexibility index (Phi) is 5.12. The van der Waals surface area contributed by atoms with Crippen LogP contribution in [0.1, 0.15) is 50.7 Å². The number of aromatic amines is 1. The largest absolute Gasteiger partial charge is 0.346 e. The van der Waals surface area contributed by atoms with Crippen molar-refractivity contribution in [3.05, 3.63) is 60.2 Å². The molecule has 1 amide bonds. The van der Waals surface area contributed by atoms with Crippen molar-refractivity contribution in [2.75, 3.05) is 0 Å². The molecule has 0 aliphatic carbocycles. The van der Waals surface area contributed by atoms with Gasteiger partial charge in [0.1, 0.15) is 5.82 Å². The summed E-state index contributed by atoms with van der Waals surface area (Å²) >= 11 is 0. The van der Waals surface area contributed by atoms with Crippen LogP contribution in [0.3, 0.4) is 0 Å². The second-order valence-corrected chi connectivity index (χ2v) is 6.81. The van der Waals surface area contributed by atoms with Crippen molar-refractivity contribution in [1.82, 2.24) is 20.3 Å². The Bertz CT molecular complexity index is 808. The molecule has 130 valence electrons. The highest BCUT2D eigenvalue weighted by atomic mass is 16.1. The first kappa shape index (κ1) is 17.1. The Labute approximate surface area is 147 Å². The number of para-hydroxylation sites is 2. The number of carbonyl (C=O) groups excluding carboxylic acids is 1. The molecule has 3 rings (SSSR count). The zero-order valence-corrected chi connectivity index (χ0v) is 14.9. The van der Waals surface area contributed by atoms with Crippen molar-refractivity contribution in [1.29, 1.82) is 0 Å². The number of benzene rings is 1. The van der Waals surface area contributed by atoms with E-state index in [1.807, 2.05) is 49.4 Å². The number of fused-ring (bicyclic) bond motifs is 1. The van der Waals surface area contributed by atoms with Crippen LogP contribution in [0.2, 0.25) is 0 Å². The number of hydrogen-bond donors (Lipinski definition) is 2. The van der Waals surface area contributed by atoms with Crippen LogP contribution in [0.5, 0.6) is 0 Å². The highest BCUT2D eigenvalue weighted by molar-refractivity contribution is 5.83. The van der Waals surface area contributed by atoms with Crippen molar-refractivity contribution in [3.63, 3.8) is 0 Å². The molecule has 0 aliphatic rings. The lowest BCUT2D eigenvalue weighted by molar-refractivity contribution is -0.123. The van der Waals surface area contributed by atoms with Crippen LogP contribution in [0.25, 0.3) is 11.0 Å². The fourth-order valence-electron chi connectivity index (χ4n) is 2.91.